The van der Waals surface area contributed by atoms with Gasteiger partial charge in [0.05, 0.1) is 13.2 Å². The second kappa shape index (κ2) is 5.31. The number of ether oxygens (including phenoxy) is 1. The van der Waals surface area contributed by atoms with Crippen molar-refractivity contribution in [2.24, 2.45) is 11.7 Å². The van der Waals surface area contributed by atoms with E-state index in [0.717, 1.165) is 24.0 Å². The summed E-state index contributed by atoms with van der Waals surface area (Å²) in [6.07, 6.45) is 3.38. The Morgan fingerprint density at radius 2 is 2.16 bits per heavy atom. The van der Waals surface area contributed by atoms with E-state index in [1.165, 1.54) is 12.0 Å². The number of hydrogen-bond donors (Lipinski definition) is 2. The van der Waals surface area contributed by atoms with E-state index in [0.29, 0.717) is 25.7 Å². The number of carbonyl (C=O) groups is 1. The maximum absolute atomic E-state index is 12.1. The van der Waals surface area contributed by atoms with Crippen LogP contribution in [0.5, 0.6) is 0 Å². The summed E-state index contributed by atoms with van der Waals surface area (Å²) < 4.78 is 5.36. The molecule has 0 aromatic heterocycles. The van der Waals surface area contributed by atoms with Gasteiger partial charge in [0.1, 0.15) is 0 Å². The molecule has 102 valence electrons. The van der Waals surface area contributed by atoms with Crippen LogP contribution in [0.4, 0.5) is 0 Å². The summed E-state index contributed by atoms with van der Waals surface area (Å²) >= 11 is 0. The van der Waals surface area contributed by atoms with Crippen molar-refractivity contribution in [1.29, 1.82) is 0 Å². The molecular formula is C15H20N2O2. The van der Waals surface area contributed by atoms with Crippen molar-refractivity contribution < 1.29 is 9.53 Å². The first-order valence-electron chi connectivity index (χ1n) is 6.97. The van der Waals surface area contributed by atoms with Crippen LogP contribution in [0.25, 0.3) is 0 Å². The Kier molecular flexibility index (Phi) is 3.53. The number of carbonyl (C=O) groups excluding carboxylic acids is 1. The van der Waals surface area contributed by atoms with E-state index in [1.54, 1.807) is 0 Å². The minimum Gasteiger partial charge on any atom is -0.372 e. The minimum atomic E-state index is -0.00574. The van der Waals surface area contributed by atoms with Crippen LogP contribution in [0.3, 0.4) is 0 Å². The van der Waals surface area contributed by atoms with Crippen molar-refractivity contribution in [1.82, 2.24) is 5.32 Å². The molecule has 4 nitrogen and oxygen atoms in total. The lowest BCUT2D eigenvalue weighted by atomic mass is 10.0. The number of amides is 1. The van der Waals surface area contributed by atoms with Crippen molar-refractivity contribution in [3.05, 3.63) is 34.9 Å². The first-order chi connectivity index (χ1) is 9.24. The van der Waals surface area contributed by atoms with Gasteiger partial charge in [-0.2, -0.15) is 0 Å². The van der Waals surface area contributed by atoms with Crippen LogP contribution >= 0.6 is 0 Å². The predicted molar refractivity (Wildman–Crippen MR) is 72.6 cm³/mol. The highest BCUT2D eigenvalue weighted by molar-refractivity contribution is 5.94. The zero-order valence-electron chi connectivity index (χ0n) is 11.0. The quantitative estimate of drug-likeness (QED) is 0.867. The van der Waals surface area contributed by atoms with E-state index in [9.17, 15) is 4.79 Å². The maximum atomic E-state index is 12.1. The maximum Gasteiger partial charge on any atom is 0.251 e. The van der Waals surface area contributed by atoms with Crippen molar-refractivity contribution in [3.63, 3.8) is 0 Å². The zero-order valence-corrected chi connectivity index (χ0v) is 11.0. The molecule has 1 aliphatic carbocycles. The lowest BCUT2D eigenvalue weighted by Gasteiger charge is -2.16. The monoisotopic (exact) mass is 260 g/mol. The number of nitrogens with two attached hydrogens (primary N) is 1. The molecule has 0 radical (unpaired) electrons. The highest BCUT2D eigenvalue weighted by Gasteiger charge is 2.24. The summed E-state index contributed by atoms with van der Waals surface area (Å²) in [4.78, 5) is 12.1. The molecule has 1 amide bonds. The molecule has 4 heteroatoms. The summed E-state index contributed by atoms with van der Waals surface area (Å²) in [7, 11) is 0. The fraction of sp³-hybridized carbons (Fsp3) is 0.533. The van der Waals surface area contributed by atoms with Crippen molar-refractivity contribution in [3.8, 4) is 0 Å². The van der Waals surface area contributed by atoms with Crippen molar-refractivity contribution >= 4 is 5.91 Å². The first-order valence-corrected chi connectivity index (χ1v) is 6.97. The third kappa shape index (κ3) is 2.65. The molecule has 2 unspecified atom stereocenters. The van der Waals surface area contributed by atoms with E-state index in [4.69, 9.17) is 10.5 Å². The molecule has 2 aliphatic rings. The molecule has 0 saturated heterocycles. The average Bonchev–Trinajstić information content (AvgIpc) is 3.03. The molecule has 1 aromatic carbocycles. The number of nitrogens with one attached hydrogen (secondary N) is 1. The summed E-state index contributed by atoms with van der Waals surface area (Å²) in [5.74, 6) is 0.426. The SMILES string of the molecule is NC1CCCC1CNC(=O)c1ccc2c(c1)COC2. The Bertz CT molecular complexity index is 487. The smallest absolute Gasteiger partial charge is 0.251 e. The molecule has 1 saturated carbocycles. The summed E-state index contributed by atoms with van der Waals surface area (Å²) in [5.41, 5.74) is 9.05. The van der Waals surface area contributed by atoms with Crippen LogP contribution in [0, 0.1) is 5.92 Å². The highest BCUT2D eigenvalue weighted by atomic mass is 16.5. The van der Waals surface area contributed by atoms with Crippen molar-refractivity contribution in [2.45, 2.75) is 38.5 Å². The number of hydrogen-bond acceptors (Lipinski definition) is 3. The van der Waals surface area contributed by atoms with Gasteiger partial charge in [-0.1, -0.05) is 12.5 Å². The molecule has 1 aromatic rings. The number of rotatable bonds is 3. The van der Waals surface area contributed by atoms with Gasteiger partial charge in [0, 0.05) is 18.2 Å². The van der Waals surface area contributed by atoms with Gasteiger partial charge in [-0.05, 0) is 42.0 Å². The zero-order chi connectivity index (χ0) is 13.2. The van der Waals surface area contributed by atoms with Gasteiger partial charge in [-0.3, -0.25) is 4.79 Å². The Labute approximate surface area is 113 Å². The Morgan fingerprint density at radius 3 is 2.95 bits per heavy atom. The fourth-order valence-electron chi connectivity index (χ4n) is 2.96. The second-order valence-corrected chi connectivity index (χ2v) is 5.54. The van der Waals surface area contributed by atoms with Crippen LogP contribution in [0.15, 0.2) is 18.2 Å². The van der Waals surface area contributed by atoms with Crippen LogP contribution < -0.4 is 11.1 Å². The van der Waals surface area contributed by atoms with Crippen LogP contribution in [0.1, 0.15) is 40.7 Å². The molecule has 1 heterocycles. The van der Waals surface area contributed by atoms with Gasteiger partial charge in [0.25, 0.3) is 5.91 Å². The molecular weight excluding hydrogens is 240 g/mol. The Morgan fingerprint density at radius 1 is 1.32 bits per heavy atom. The minimum absolute atomic E-state index is 0.00574. The van der Waals surface area contributed by atoms with Crippen molar-refractivity contribution in [2.75, 3.05) is 6.54 Å². The van der Waals surface area contributed by atoms with E-state index < -0.39 is 0 Å². The molecule has 0 bridgehead atoms. The first kappa shape index (κ1) is 12.6. The lowest BCUT2D eigenvalue weighted by Crippen LogP contribution is -2.36. The summed E-state index contributed by atoms with van der Waals surface area (Å²) in [6.45, 7) is 1.96. The van der Waals surface area contributed by atoms with Gasteiger partial charge < -0.3 is 15.8 Å². The van der Waals surface area contributed by atoms with Gasteiger partial charge in [-0.15, -0.1) is 0 Å². The average molecular weight is 260 g/mol. The number of fused-ring (bicyclic) bond motifs is 1. The van der Waals surface area contributed by atoms with Gasteiger partial charge in [0.15, 0.2) is 0 Å². The molecule has 1 fully saturated rings. The topological polar surface area (TPSA) is 64.3 Å². The lowest BCUT2D eigenvalue weighted by molar-refractivity contribution is 0.0946. The van der Waals surface area contributed by atoms with Crippen LogP contribution in [-0.2, 0) is 18.0 Å². The van der Waals surface area contributed by atoms with Crippen LogP contribution in [0.2, 0.25) is 0 Å². The number of benzene rings is 1. The molecule has 0 spiro atoms. The highest BCUT2D eigenvalue weighted by Crippen LogP contribution is 2.23. The summed E-state index contributed by atoms with van der Waals surface area (Å²) in [5, 5.41) is 3.00. The largest absolute Gasteiger partial charge is 0.372 e. The molecule has 1 aliphatic heterocycles. The third-order valence-corrected chi connectivity index (χ3v) is 4.23. The molecule has 3 N–H and O–H groups in total. The van der Waals surface area contributed by atoms with Gasteiger partial charge in [0.2, 0.25) is 0 Å². The van der Waals surface area contributed by atoms with E-state index in [2.05, 4.69) is 5.32 Å². The molecule has 2 atom stereocenters. The normalized spacial score (nSPS) is 25.3. The van der Waals surface area contributed by atoms with E-state index in [1.807, 2.05) is 18.2 Å². The van der Waals surface area contributed by atoms with Gasteiger partial charge in [-0.25, -0.2) is 0 Å². The second-order valence-electron chi connectivity index (χ2n) is 5.54. The standard InChI is InChI=1S/C15H20N2O2/c16-14-3-1-2-11(14)7-17-15(18)10-4-5-12-8-19-9-13(12)6-10/h4-6,11,14H,1-3,7-9,16H2,(H,17,18). The van der Waals surface area contributed by atoms with Gasteiger partial charge >= 0.3 is 0 Å². The predicted octanol–water partition coefficient (Wildman–Crippen LogP) is 1.57. The van der Waals surface area contributed by atoms with E-state index in [-0.39, 0.29) is 11.9 Å². The Balaban J connectivity index is 1.61. The molecule has 19 heavy (non-hydrogen) atoms. The Hall–Kier alpha value is -1.39. The molecule has 3 rings (SSSR count). The summed E-state index contributed by atoms with van der Waals surface area (Å²) in [6, 6.07) is 6.04. The van der Waals surface area contributed by atoms with Crippen LogP contribution in [-0.4, -0.2) is 18.5 Å². The fourth-order valence-corrected chi connectivity index (χ4v) is 2.96. The van der Waals surface area contributed by atoms with E-state index >= 15 is 0 Å². The third-order valence-electron chi connectivity index (χ3n) is 4.23.